The lowest BCUT2D eigenvalue weighted by atomic mass is 10.1. The Morgan fingerprint density at radius 3 is 2.48 bits per heavy atom. The van der Waals surface area contributed by atoms with Gasteiger partial charge in [-0.3, -0.25) is 4.79 Å². The van der Waals surface area contributed by atoms with Gasteiger partial charge in [-0.25, -0.2) is 0 Å². The van der Waals surface area contributed by atoms with Crippen molar-refractivity contribution in [1.29, 1.82) is 0 Å². The van der Waals surface area contributed by atoms with E-state index in [4.69, 9.17) is 16.3 Å². The van der Waals surface area contributed by atoms with Crippen molar-refractivity contribution < 1.29 is 9.53 Å². The van der Waals surface area contributed by atoms with Gasteiger partial charge >= 0.3 is 0 Å². The van der Waals surface area contributed by atoms with Crippen LogP contribution in [0, 0.1) is 0 Å². The molecule has 4 nitrogen and oxygen atoms in total. The van der Waals surface area contributed by atoms with Crippen molar-refractivity contribution in [2.75, 3.05) is 13.2 Å². The molecular formula is C26H31ClN2O2. The molecule has 0 radical (unpaired) electrons. The fourth-order valence-electron chi connectivity index (χ4n) is 3.49. The lowest BCUT2D eigenvalue weighted by molar-refractivity contribution is 0.0739. The molecule has 3 rings (SSSR count). The Kier molecular flexibility index (Phi) is 8.60. The Morgan fingerprint density at radius 1 is 1.00 bits per heavy atom. The van der Waals surface area contributed by atoms with E-state index in [0.29, 0.717) is 31.8 Å². The molecule has 0 aliphatic carbocycles. The molecule has 0 N–H and O–H groups in total. The van der Waals surface area contributed by atoms with E-state index >= 15 is 0 Å². The van der Waals surface area contributed by atoms with Crippen LogP contribution in [0.15, 0.2) is 66.9 Å². The molecule has 3 aromatic rings. The molecule has 31 heavy (non-hydrogen) atoms. The van der Waals surface area contributed by atoms with Crippen molar-refractivity contribution in [2.24, 2.45) is 0 Å². The molecule has 0 saturated carbocycles. The van der Waals surface area contributed by atoms with E-state index in [2.05, 4.69) is 24.5 Å². The van der Waals surface area contributed by atoms with Crippen LogP contribution in [0.5, 0.6) is 5.75 Å². The van der Waals surface area contributed by atoms with E-state index < -0.39 is 0 Å². The molecule has 0 aliphatic heterocycles. The molecule has 1 heterocycles. The zero-order valence-electron chi connectivity index (χ0n) is 18.4. The van der Waals surface area contributed by atoms with Crippen molar-refractivity contribution >= 4 is 17.5 Å². The van der Waals surface area contributed by atoms with Gasteiger partial charge in [-0.15, -0.1) is 0 Å². The molecule has 1 amide bonds. The summed E-state index contributed by atoms with van der Waals surface area (Å²) >= 11 is 6.34. The number of carbonyl (C=O) groups excluding carboxylic acids is 1. The smallest absolute Gasteiger partial charge is 0.254 e. The van der Waals surface area contributed by atoms with Crippen LogP contribution in [0.3, 0.4) is 0 Å². The van der Waals surface area contributed by atoms with Gasteiger partial charge in [-0.05, 0) is 60.9 Å². The van der Waals surface area contributed by atoms with Gasteiger partial charge in [-0.1, -0.05) is 50.1 Å². The maximum atomic E-state index is 13.2. The van der Waals surface area contributed by atoms with Gasteiger partial charge < -0.3 is 14.2 Å². The standard InChI is InChI=1S/C26H31ClN2O2/c1-3-5-18-31-24-14-12-21(13-15-24)26(30)29(16-4-2)20-23-10-8-17-28(23)19-22-9-6-7-11-25(22)27/h6-15,17H,3-5,16,18-20H2,1-2H3. The number of unbranched alkanes of at least 4 members (excludes halogenated alkanes) is 1. The minimum atomic E-state index is 0.0347. The summed E-state index contributed by atoms with van der Waals surface area (Å²) in [5.74, 6) is 0.841. The van der Waals surface area contributed by atoms with Gasteiger partial charge in [-0.2, -0.15) is 0 Å². The van der Waals surface area contributed by atoms with Gasteiger partial charge in [0.1, 0.15) is 5.75 Å². The molecule has 0 aliphatic rings. The van der Waals surface area contributed by atoms with Crippen LogP contribution in [-0.4, -0.2) is 28.5 Å². The largest absolute Gasteiger partial charge is 0.494 e. The highest BCUT2D eigenvalue weighted by Crippen LogP contribution is 2.20. The monoisotopic (exact) mass is 438 g/mol. The zero-order chi connectivity index (χ0) is 22.1. The van der Waals surface area contributed by atoms with Gasteiger partial charge in [0, 0.05) is 35.6 Å². The summed E-state index contributed by atoms with van der Waals surface area (Å²) in [6.45, 7) is 6.87. The maximum absolute atomic E-state index is 13.2. The van der Waals surface area contributed by atoms with Gasteiger partial charge in [0.25, 0.3) is 5.91 Å². The highest BCUT2D eigenvalue weighted by molar-refractivity contribution is 6.31. The number of rotatable bonds is 11. The molecule has 0 spiro atoms. The molecule has 0 fully saturated rings. The third-order valence-electron chi connectivity index (χ3n) is 5.22. The summed E-state index contributed by atoms with van der Waals surface area (Å²) in [7, 11) is 0. The average Bonchev–Trinajstić information content (AvgIpc) is 3.22. The number of amides is 1. The Bertz CT molecular complexity index is 966. The predicted molar refractivity (Wildman–Crippen MR) is 127 cm³/mol. The van der Waals surface area contributed by atoms with Crippen LogP contribution < -0.4 is 4.74 Å². The maximum Gasteiger partial charge on any atom is 0.254 e. The molecule has 2 aromatic carbocycles. The summed E-state index contributed by atoms with van der Waals surface area (Å²) in [6, 6.07) is 19.4. The molecule has 164 valence electrons. The number of hydrogen-bond donors (Lipinski definition) is 0. The first-order valence-electron chi connectivity index (χ1n) is 11.0. The van der Waals surface area contributed by atoms with Crippen molar-refractivity contribution in [1.82, 2.24) is 9.47 Å². The molecule has 5 heteroatoms. The molecule has 1 aromatic heterocycles. The van der Waals surface area contributed by atoms with Crippen LogP contribution in [-0.2, 0) is 13.1 Å². The second-order valence-corrected chi connectivity index (χ2v) is 8.08. The SMILES string of the molecule is CCCCOc1ccc(C(=O)N(CCC)Cc2cccn2Cc2ccccc2Cl)cc1. The van der Waals surface area contributed by atoms with Crippen LogP contribution in [0.1, 0.15) is 54.7 Å². The first kappa shape index (κ1) is 23.0. The van der Waals surface area contributed by atoms with Crippen molar-refractivity contribution in [3.8, 4) is 5.75 Å². The van der Waals surface area contributed by atoms with Crippen LogP contribution in [0.2, 0.25) is 5.02 Å². The fourth-order valence-corrected chi connectivity index (χ4v) is 3.68. The summed E-state index contributed by atoms with van der Waals surface area (Å²) < 4.78 is 7.87. The molecular weight excluding hydrogens is 408 g/mol. The second kappa shape index (κ2) is 11.6. The number of benzene rings is 2. The number of ether oxygens (including phenoxy) is 1. The Morgan fingerprint density at radius 2 is 1.77 bits per heavy atom. The summed E-state index contributed by atoms with van der Waals surface area (Å²) in [4.78, 5) is 15.1. The van der Waals surface area contributed by atoms with Crippen molar-refractivity contribution in [3.63, 3.8) is 0 Å². The number of halogens is 1. The first-order chi connectivity index (χ1) is 15.1. The fraction of sp³-hybridized carbons (Fsp3) is 0.346. The van der Waals surface area contributed by atoms with Gasteiger partial charge in [0.05, 0.1) is 13.2 Å². The van der Waals surface area contributed by atoms with Gasteiger partial charge in [0.15, 0.2) is 0 Å². The third kappa shape index (κ3) is 6.38. The zero-order valence-corrected chi connectivity index (χ0v) is 19.1. The van der Waals surface area contributed by atoms with E-state index in [1.54, 1.807) is 0 Å². The molecule has 0 atom stereocenters. The van der Waals surface area contributed by atoms with E-state index in [1.165, 1.54) is 0 Å². The van der Waals surface area contributed by atoms with E-state index in [1.807, 2.05) is 65.7 Å². The third-order valence-corrected chi connectivity index (χ3v) is 5.59. The molecule has 0 unspecified atom stereocenters. The van der Waals surface area contributed by atoms with Crippen LogP contribution >= 0.6 is 11.6 Å². The predicted octanol–water partition coefficient (Wildman–Crippen LogP) is 6.42. The summed E-state index contributed by atoms with van der Waals surface area (Å²) in [6.07, 6.45) is 5.06. The number of carbonyl (C=O) groups is 1. The summed E-state index contributed by atoms with van der Waals surface area (Å²) in [5.41, 5.74) is 2.83. The van der Waals surface area contributed by atoms with Crippen LogP contribution in [0.25, 0.3) is 0 Å². The minimum Gasteiger partial charge on any atom is -0.494 e. The quantitative estimate of drug-likeness (QED) is 0.323. The lowest BCUT2D eigenvalue weighted by Crippen LogP contribution is -2.32. The highest BCUT2D eigenvalue weighted by atomic mass is 35.5. The van der Waals surface area contributed by atoms with E-state index in [9.17, 15) is 4.79 Å². The Labute approximate surface area is 190 Å². The minimum absolute atomic E-state index is 0.0347. The van der Waals surface area contributed by atoms with E-state index in [0.717, 1.165) is 41.3 Å². The normalized spacial score (nSPS) is 10.8. The van der Waals surface area contributed by atoms with Gasteiger partial charge in [0.2, 0.25) is 0 Å². The Hall–Kier alpha value is -2.72. The number of aromatic nitrogens is 1. The van der Waals surface area contributed by atoms with Crippen LogP contribution in [0.4, 0.5) is 0 Å². The lowest BCUT2D eigenvalue weighted by Gasteiger charge is -2.23. The molecule has 0 saturated heterocycles. The first-order valence-corrected chi connectivity index (χ1v) is 11.4. The molecule has 0 bridgehead atoms. The Balaban J connectivity index is 1.71. The highest BCUT2D eigenvalue weighted by Gasteiger charge is 2.17. The number of hydrogen-bond acceptors (Lipinski definition) is 2. The second-order valence-electron chi connectivity index (χ2n) is 7.67. The average molecular weight is 439 g/mol. The number of nitrogens with zero attached hydrogens (tertiary/aromatic N) is 2. The van der Waals surface area contributed by atoms with Crippen molar-refractivity contribution in [2.45, 2.75) is 46.2 Å². The van der Waals surface area contributed by atoms with E-state index in [-0.39, 0.29) is 5.91 Å². The van der Waals surface area contributed by atoms with Crippen molar-refractivity contribution in [3.05, 3.63) is 88.7 Å². The topological polar surface area (TPSA) is 34.5 Å². The summed E-state index contributed by atoms with van der Waals surface area (Å²) in [5, 5.41) is 0.755.